The molecule has 3 nitrogen and oxygen atoms in total. The molecule has 0 unspecified atom stereocenters. The second-order valence-electron chi connectivity index (χ2n) is 3.76. The van der Waals surface area contributed by atoms with Gasteiger partial charge in [0.15, 0.2) is 11.5 Å². The van der Waals surface area contributed by atoms with Crippen LogP contribution in [0.15, 0.2) is 18.2 Å². The van der Waals surface area contributed by atoms with E-state index in [1.807, 2.05) is 6.07 Å². The molecular weight excluding hydrogens is 214 g/mol. The molecule has 84 valence electrons. The van der Waals surface area contributed by atoms with Crippen LogP contribution < -0.4 is 22.9 Å². The van der Waals surface area contributed by atoms with Crippen molar-refractivity contribution in [3.63, 3.8) is 0 Å². The van der Waals surface area contributed by atoms with Crippen molar-refractivity contribution in [1.82, 2.24) is 0 Å². The fourth-order valence-electron chi connectivity index (χ4n) is 1.30. The minimum absolute atomic E-state index is 0. The minimum Gasteiger partial charge on any atom is -1.00 e. The Balaban J connectivity index is 0.00000112. The van der Waals surface area contributed by atoms with E-state index in [1.54, 1.807) is 12.1 Å². The van der Waals surface area contributed by atoms with Crippen LogP contribution in [-0.4, -0.2) is 11.7 Å². The third kappa shape index (κ3) is 3.29. The van der Waals surface area contributed by atoms with E-state index in [4.69, 9.17) is 10.5 Å². The van der Waals surface area contributed by atoms with Crippen LogP contribution in [0.4, 0.5) is 0 Å². The number of nitrogens with two attached hydrogens (primary N) is 1. The first-order valence-electron chi connectivity index (χ1n) is 4.94. The minimum atomic E-state index is 0. The van der Waals surface area contributed by atoms with Gasteiger partial charge in [-0.2, -0.15) is 0 Å². The van der Waals surface area contributed by atoms with Crippen molar-refractivity contribution in [3.05, 3.63) is 23.8 Å². The molecule has 4 heteroatoms. The first kappa shape index (κ1) is 12.1. The molecule has 0 amide bonds. The molecule has 1 aromatic rings. The second kappa shape index (κ2) is 5.24. The molecule has 0 aliphatic heterocycles. The van der Waals surface area contributed by atoms with Gasteiger partial charge in [0.2, 0.25) is 0 Å². The third-order valence-corrected chi connectivity index (χ3v) is 2.43. The van der Waals surface area contributed by atoms with Crippen LogP contribution in [-0.2, 0) is 6.54 Å². The highest BCUT2D eigenvalue weighted by molar-refractivity contribution is 5.41. The number of aromatic hydroxyl groups is 1. The second-order valence-corrected chi connectivity index (χ2v) is 3.76. The summed E-state index contributed by atoms with van der Waals surface area (Å²) < 4.78 is 5.47. The number of benzene rings is 1. The van der Waals surface area contributed by atoms with Crippen LogP contribution in [0.2, 0.25) is 0 Å². The van der Waals surface area contributed by atoms with Crippen molar-refractivity contribution in [2.75, 3.05) is 6.61 Å². The summed E-state index contributed by atoms with van der Waals surface area (Å²) in [5, 5.41) is 9.58. The van der Waals surface area contributed by atoms with Gasteiger partial charge in [0.25, 0.3) is 0 Å². The molecule has 2 rings (SSSR count). The van der Waals surface area contributed by atoms with Gasteiger partial charge >= 0.3 is 1.43 Å². The molecule has 0 aromatic heterocycles. The summed E-state index contributed by atoms with van der Waals surface area (Å²) in [4.78, 5) is 0. The van der Waals surface area contributed by atoms with E-state index in [1.165, 1.54) is 12.8 Å². The lowest BCUT2D eigenvalue weighted by atomic mass is 10.2. The molecule has 15 heavy (non-hydrogen) atoms. The average molecular weight is 230 g/mol. The van der Waals surface area contributed by atoms with Crippen molar-refractivity contribution >= 4 is 0 Å². The Kier molecular flexibility index (Phi) is 4.24. The number of phenols is 1. The van der Waals surface area contributed by atoms with Crippen molar-refractivity contribution in [1.29, 1.82) is 0 Å². The maximum atomic E-state index is 9.58. The molecule has 0 heterocycles. The molecule has 1 aromatic carbocycles. The summed E-state index contributed by atoms with van der Waals surface area (Å²) in [6, 6.07) is 5.31. The molecule has 0 spiro atoms. The standard InChI is InChI=1S/C11H15NO2.ClH/c12-6-9-3-4-11(10(13)5-9)14-7-8-1-2-8;/h3-5,8,13H,1-2,6-7,12H2;1H. The van der Waals surface area contributed by atoms with E-state index in [0.717, 1.165) is 12.2 Å². The Bertz CT molecular complexity index is 332. The van der Waals surface area contributed by atoms with Gasteiger partial charge in [-0.05, 0) is 36.5 Å². The lowest BCUT2D eigenvalue weighted by Crippen LogP contribution is -3.00. The molecular formula is C11H16ClNO2. The van der Waals surface area contributed by atoms with E-state index in [9.17, 15) is 5.11 Å². The zero-order valence-electron chi connectivity index (χ0n) is 9.45. The van der Waals surface area contributed by atoms with Crippen LogP contribution in [0.3, 0.4) is 0 Å². The number of ether oxygens (including phenoxy) is 1. The normalized spacial score (nSPS) is 14.5. The molecule has 0 radical (unpaired) electrons. The number of halogens is 1. The fraction of sp³-hybridized carbons (Fsp3) is 0.455. The van der Waals surface area contributed by atoms with Crippen LogP contribution in [0, 0.1) is 5.92 Å². The van der Waals surface area contributed by atoms with Crippen molar-refractivity contribution in [2.45, 2.75) is 19.4 Å². The van der Waals surface area contributed by atoms with Gasteiger partial charge in [-0.3, -0.25) is 0 Å². The van der Waals surface area contributed by atoms with Gasteiger partial charge in [-0.15, -0.1) is 0 Å². The van der Waals surface area contributed by atoms with Gasteiger partial charge < -0.3 is 28.0 Å². The van der Waals surface area contributed by atoms with Crippen LogP contribution in [0.1, 0.15) is 19.8 Å². The monoisotopic (exact) mass is 229 g/mol. The van der Waals surface area contributed by atoms with Gasteiger partial charge in [0.05, 0.1) is 6.61 Å². The van der Waals surface area contributed by atoms with Crippen molar-refractivity contribution in [3.8, 4) is 11.5 Å². The number of rotatable bonds is 4. The van der Waals surface area contributed by atoms with Gasteiger partial charge in [-0.1, -0.05) is 6.07 Å². The van der Waals surface area contributed by atoms with Crippen molar-refractivity contribution in [2.24, 2.45) is 11.7 Å². The Morgan fingerprint density at radius 2 is 2.20 bits per heavy atom. The zero-order chi connectivity index (χ0) is 9.97. The first-order chi connectivity index (χ1) is 6.79. The number of phenolic OH excluding ortho intramolecular Hbond substituents is 1. The van der Waals surface area contributed by atoms with E-state index in [0.29, 0.717) is 18.2 Å². The maximum Gasteiger partial charge on any atom is 1.00 e. The molecule has 0 bridgehead atoms. The molecule has 0 atom stereocenters. The molecule has 3 N–H and O–H groups in total. The molecule has 1 aliphatic carbocycles. The van der Waals surface area contributed by atoms with Crippen LogP contribution in [0.5, 0.6) is 11.5 Å². The Labute approximate surface area is 97.1 Å². The highest BCUT2D eigenvalue weighted by atomic mass is 35.5. The Hall–Kier alpha value is -0.930. The van der Waals surface area contributed by atoms with Crippen molar-refractivity contribution < 1.29 is 23.7 Å². The van der Waals surface area contributed by atoms with E-state index >= 15 is 0 Å². The van der Waals surface area contributed by atoms with E-state index in [2.05, 4.69) is 0 Å². The molecule has 1 saturated carbocycles. The van der Waals surface area contributed by atoms with Gasteiger partial charge in [0.1, 0.15) is 0 Å². The van der Waals surface area contributed by atoms with Gasteiger partial charge in [-0.25, -0.2) is 0 Å². The fourth-order valence-corrected chi connectivity index (χ4v) is 1.30. The molecule has 0 saturated heterocycles. The van der Waals surface area contributed by atoms with Crippen LogP contribution >= 0.6 is 0 Å². The summed E-state index contributed by atoms with van der Waals surface area (Å²) >= 11 is 0. The third-order valence-electron chi connectivity index (χ3n) is 2.43. The summed E-state index contributed by atoms with van der Waals surface area (Å²) in [5.74, 6) is 1.45. The van der Waals surface area contributed by atoms with Crippen LogP contribution in [0.25, 0.3) is 0 Å². The van der Waals surface area contributed by atoms with E-state index in [-0.39, 0.29) is 19.6 Å². The summed E-state index contributed by atoms with van der Waals surface area (Å²) in [6.07, 6.45) is 2.50. The summed E-state index contributed by atoms with van der Waals surface area (Å²) in [5.41, 5.74) is 6.37. The Morgan fingerprint density at radius 3 is 2.73 bits per heavy atom. The topological polar surface area (TPSA) is 55.5 Å². The smallest absolute Gasteiger partial charge is 1.00 e. The molecule has 1 aliphatic rings. The highest BCUT2D eigenvalue weighted by Crippen LogP contribution is 2.32. The maximum absolute atomic E-state index is 9.58. The van der Waals surface area contributed by atoms with Gasteiger partial charge in [0, 0.05) is 6.54 Å². The SMILES string of the molecule is NCc1ccc(OCC2CC2)c(O)c1.[Cl-].[H+]. The highest BCUT2D eigenvalue weighted by Gasteiger charge is 2.22. The Morgan fingerprint density at radius 1 is 1.47 bits per heavy atom. The number of hydrogen-bond acceptors (Lipinski definition) is 3. The quantitative estimate of drug-likeness (QED) is 0.679. The first-order valence-corrected chi connectivity index (χ1v) is 4.94. The predicted molar refractivity (Wildman–Crippen MR) is 55.3 cm³/mol. The molecule has 1 fully saturated rings. The largest absolute Gasteiger partial charge is 1.00 e. The zero-order valence-corrected chi connectivity index (χ0v) is 9.20. The average Bonchev–Trinajstić information content (AvgIpc) is 2.99. The lowest BCUT2D eigenvalue weighted by molar-refractivity contribution is -0.00000420. The number of hydrogen-bond donors (Lipinski definition) is 2. The lowest BCUT2D eigenvalue weighted by Gasteiger charge is -2.08. The summed E-state index contributed by atoms with van der Waals surface area (Å²) in [6.45, 7) is 1.16. The predicted octanol–water partition coefficient (Wildman–Crippen LogP) is -1.24. The summed E-state index contributed by atoms with van der Waals surface area (Å²) in [7, 11) is 0. The van der Waals surface area contributed by atoms with E-state index < -0.39 is 0 Å².